The van der Waals surface area contributed by atoms with Crippen molar-refractivity contribution < 1.29 is 18.9 Å². The van der Waals surface area contributed by atoms with Crippen LogP contribution in [0.25, 0.3) is 5.57 Å². The number of piperidine rings is 1. The highest BCUT2D eigenvalue weighted by molar-refractivity contribution is 6.30. The van der Waals surface area contributed by atoms with Gasteiger partial charge in [-0.15, -0.1) is 0 Å². The quantitative estimate of drug-likeness (QED) is 0.695. The summed E-state index contributed by atoms with van der Waals surface area (Å²) >= 11 is 6.06. The molecule has 2 aromatic rings. The molecule has 0 bridgehead atoms. The van der Waals surface area contributed by atoms with Gasteiger partial charge in [0.2, 0.25) is 0 Å². The van der Waals surface area contributed by atoms with Gasteiger partial charge in [0.1, 0.15) is 28.9 Å². The van der Waals surface area contributed by atoms with Crippen LogP contribution in [0, 0.1) is 12.7 Å². The van der Waals surface area contributed by atoms with Crippen molar-refractivity contribution >= 4 is 23.1 Å². The number of aromatic nitrogens is 2. The van der Waals surface area contributed by atoms with Crippen LogP contribution in [0.5, 0.6) is 5.75 Å². The van der Waals surface area contributed by atoms with Crippen LogP contribution in [0.2, 0.25) is 5.02 Å². The zero-order valence-corrected chi connectivity index (χ0v) is 19.8. The average Bonchev–Trinajstić information content (AvgIpc) is 3.18. The summed E-state index contributed by atoms with van der Waals surface area (Å²) in [6.45, 7) is 7.48. The van der Waals surface area contributed by atoms with Gasteiger partial charge in [0.15, 0.2) is 5.69 Å². The van der Waals surface area contributed by atoms with Gasteiger partial charge in [-0.2, -0.15) is 0 Å². The van der Waals surface area contributed by atoms with E-state index in [4.69, 9.17) is 22.1 Å². The zero-order chi connectivity index (χ0) is 23.5. The van der Waals surface area contributed by atoms with E-state index in [1.165, 1.54) is 18.2 Å². The number of aromatic amines is 1. The molecule has 33 heavy (non-hydrogen) atoms. The van der Waals surface area contributed by atoms with Crippen molar-refractivity contribution in [2.45, 2.75) is 39.2 Å². The van der Waals surface area contributed by atoms with E-state index in [2.05, 4.69) is 21.8 Å². The Bertz CT molecular complexity index is 1070. The highest BCUT2D eigenvalue weighted by Crippen LogP contribution is 2.29. The lowest BCUT2D eigenvalue weighted by atomic mass is 10.1. The van der Waals surface area contributed by atoms with Crippen LogP contribution in [0.4, 0.5) is 4.39 Å². The molecule has 1 aromatic heterocycles. The first kappa shape index (κ1) is 23.4. The van der Waals surface area contributed by atoms with Crippen molar-refractivity contribution in [3.05, 3.63) is 58.0 Å². The van der Waals surface area contributed by atoms with Gasteiger partial charge >= 0.3 is 5.82 Å². The van der Waals surface area contributed by atoms with Crippen molar-refractivity contribution in [1.29, 1.82) is 0 Å². The molecule has 0 atom stereocenters. The number of ether oxygens (including phenoxy) is 1. The number of nitrogens with one attached hydrogen (secondary N) is 1. The number of hydrogen-bond donors (Lipinski definition) is 1. The molecule has 0 unspecified atom stereocenters. The fourth-order valence-corrected chi connectivity index (χ4v) is 4.45. The summed E-state index contributed by atoms with van der Waals surface area (Å²) in [5.41, 5.74) is 8.57. The Hall–Kier alpha value is -2.71. The molecule has 2 aliphatic heterocycles. The van der Waals surface area contributed by atoms with E-state index in [0.29, 0.717) is 34.3 Å². The number of halogens is 2. The minimum absolute atomic E-state index is 0.0420. The first-order chi connectivity index (χ1) is 15.9. The van der Waals surface area contributed by atoms with Crippen LogP contribution in [0.15, 0.2) is 30.1 Å². The number of carbonyl (C=O) groups is 1. The lowest BCUT2D eigenvalue weighted by Crippen LogP contribution is -2.39. The van der Waals surface area contributed by atoms with E-state index in [1.54, 1.807) is 11.1 Å². The molecule has 0 aliphatic carbocycles. The van der Waals surface area contributed by atoms with Gasteiger partial charge in [0.05, 0.1) is 24.2 Å². The largest absolute Gasteiger partial charge is 0.489 e. The Morgan fingerprint density at radius 1 is 1.33 bits per heavy atom. The van der Waals surface area contributed by atoms with Crippen LogP contribution >= 0.6 is 11.6 Å². The number of likely N-dealkylation sites (tertiary alicyclic amines) is 1. The molecule has 7 nitrogen and oxygen atoms in total. The molecule has 2 aliphatic rings. The molecule has 4 rings (SSSR count). The average molecular weight is 475 g/mol. The van der Waals surface area contributed by atoms with Crippen molar-refractivity contribution in [2.24, 2.45) is 5.73 Å². The molecule has 1 saturated heterocycles. The van der Waals surface area contributed by atoms with Gasteiger partial charge < -0.3 is 20.3 Å². The first-order valence-corrected chi connectivity index (χ1v) is 11.7. The van der Waals surface area contributed by atoms with E-state index in [9.17, 15) is 9.18 Å². The number of rotatable bonds is 6. The first-order valence-electron chi connectivity index (χ1n) is 11.4. The highest BCUT2D eigenvalue weighted by atomic mass is 35.5. The molecule has 3 N–H and O–H groups in total. The number of hydrogen-bond acceptors (Lipinski definition) is 5. The predicted molar refractivity (Wildman–Crippen MR) is 124 cm³/mol. The fraction of sp³-hybridized carbons (Fsp3) is 0.458. The van der Waals surface area contributed by atoms with E-state index in [0.717, 1.165) is 44.5 Å². The number of nitrogens with two attached hydrogens (primary N) is 1. The Labute approximate surface area is 198 Å². The molecule has 0 spiro atoms. The van der Waals surface area contributed by atoms with Crippen LogP contribution in [-0.2, 0) is 0 Å². The van der Waals surface area contributed by atoms with Crippen LogP contribution in [-0.4, -0.2) is 59.5 Å². The molecular formula is C24H30ClFN5O2+. The highest BCUT2D eigenvalue weighted by Gasteiger charge is 2.32. The molecular weight excluding hydrogens is 445 g/mol. The monoisotopic (exact) mass is 474 g/mol. The third-order valence-corrected chi connectivity index (χ3v) is 6.56. The molecule has 1 amide bonds. The van der Waals surface area contributed by atoms with Crippen LogP contribution in [0.1, 0.15) is 48.1 Å². The maximum atomic E-state index is 14.1. The minimum atomic E-state index is -0.430. The molecule has 1 aromatic carbocycles. The molecule has 0 radical (unpaired) electrons. The zero-order valence-electron chi connectivity index (χ0n) is 19.0. The maximum absolute atomic E-state index is 14.1. The van der Waals surface area contributed by atoms with Crippen molar-refractivity contribution in [2.75, 3.05) is 32.7 Å². The normalized spacial score (nSPS) is 17.6. The van der Waals surface area contributed by atoms with Gasteiger partial charge in [-0.05, 0) is 42.9 Å². The second-order valence-corrected chi connectivity index (χ2v) is 9.05. The fourth-order valence-electron chi connectivity index (χ4n) is 4.35. The van der Waals surface area contributed by atoms with E-state index in [-0.39, 0.29) is 24.3 Å². The Morgan fingerprint density at radius 2 is 2.09 bits per heavy atom. The second kappa shape index (κ2) is 10.1. The Kier molecular flexibility index (Phi) is 7.14. The van der Waals surface area contributed by atoms with Crippen molar-refractivity contribution in [3.8, 4) is 5.75 Å². The number of nitrogens with zero attached hydrogens (tertiary/aromatic N) is 3. The Morgan fingerprint density at radius 3 is 2.79 bits per heavy atom. The summed E-state index contributed by atoms with van der Waals surface area (Å²) in [5.74, 6) is 0.185. The number of amides is 1. The molecule has 3 heterocycles. The van der Waals surface area contributed by atoms with Crippen LogP contribution < -0.4 is 15.5 Å². The van der Waals surface area contributed by atoms with Crippen molar-refractivity contribution in [3.63, 3.8) is 0 Å². The minimum Gasteiger partial charge on any atom is -0.489 e. The van der Waals surface area contributed by atoms with Crippen LogP contribution in [0.3, 0.4) is 0 Å². The van der Waals surface area contributed by atoms with Gasteiger partial charge in [-0.3, -0.25) is 4.79 Å². The van der Waals surface area contributed by atoms with Gasteiger partial charge in [-0.25, -0.2) is 9.37 Å². The number of aryl methyl sites for hydroxylation is 1. The Balaban J connectivity index is 1.48. The lowest BCUT2D eigenvalue weighted by molar-refractivity contribution is -0.386. The van der Waals surface area contributed by atoms with Gasteiger partial charge in [0.25, 0.3) is 5.91 Å². The molecule has 1 fully saturated rings. The molecule has 0 saturated carbocycles. The predicted octanol–water partition coefficient (Wildman–Crippen LogP) is 3.08. The summed E-state index contributed by atoms with van der Waals surface area (Å²) in [6, 6.07) is 4.08. The van der Waals surface area contributed by atoms with Gasteiger partial charge in [-0.1, -0.05) is 18.5 Å². The standard InChI is InChI=1S/C24H29ClFN5O2/c1-3-8-30-9-6-17(7-10-30)33-22-11-16(26)4-5-18(22)24(32)31-13-19(21(27)14-31)23-28-12-20(25)15(2)29-23/h4-5,11-12,17H,3,6-10,13-14,27H2,1-2H3/p+1. The van der Waals surface area contributed by atoms with E-state index >= 15 is 0 Å². The third-order valence-electron chi connectivity index (χ3n) is 6.17. The number of carbonyl (C=O) groups excluding carboxylic acids is 1. The summed E-state index contributed by atoms with van der Waals surface area (Å²) in [5, 5.41) is 0.525. The molecule has 9 heteroatoms. The topological polar surface area (TPSA) is 85.8 Å². The number of benzene rings is 1. The van der Waals surface area contributed by atoms with E-state index in [1.807, 2.05) is 6.92 Å². The molecule has 176 valence electrons. The summed E-state index contributed by atoms with van der Waals surface area (Å²) in [4.78, 5) is 24.9. The SMILES string of the molecule is CCCN1CCC(Oc2cc(F)ccc2C(=O)N2CC(N)=C(c3nc(C)c(Cl)c[nH+]3)C2)CC1. The smallest absolute Gasteiger partial charge is 0.327 e. The summed E-state index contributed by atoms with van der Waals surface area (Å²) < 4.78 is 20.2. The second-order valence-electron chi connectivity index (χ2n) is 8.65. The summed E-state index contributed by atoms with van der Waals surface area (Å²) in [7, 11) is 0. The maximum Gasteiger partial charge on any atom is 0.327 e. The number of H-pyrrole nitrogens is 1. The van der Waals surface area contributed by atoms with Gasteiger partial charge in [0, 0.05) is 31.8 Å². The van der Waals surface area contributed by atoms with Crippen molar-refractivity contribution in [1.82, 2.24) is 14.8 Å². The summed E-state index contributed by atoms with van der Waals surface area (Å²) in [6.07, 6.45) is 4.43. The third kappa shape index (κ3) is 5.28. The lowest BCUT2D eigenvalue weighted by Gasteiger charge is -2.32. The van der Waals surface area contributed by atoms with E-state index < -0.39 is 5.82 Å².